The van der Waals surface area contributed by atoms with Crippen LogP contribution in [-0.2, 0) is 0 Å². The summed E-state index contributed by atoms with van der Waals surface area (Å²) in [5, 5.41) is 0. The number of ketones is 1. The van der Waals surface area contributed by atoms with Crippen molar-refractivity contribution in [3.05, 3.63) is 60.1 Å². The first-order valence-corrected chi connectivity index (χ1v) is 4.67. The highest BCUT2D eigenvalue weighted by atomic mass is 16.3. The number of hydrogen-bond donors (Lipinski definition) is 1. The van der Waals surface area contributed by atoms with Crippen LogP contribution in [0.15, 0.2) is 53.1 Å². The quantitative estimate of drug-likeness (QED) is 0.774. The molecule has 0 aliphatic rings. The number of nitrogens with two attached hydrogens (primary N) is 1. The van der Waals surface area contributed by atoms with E-state index < -0.39 is 6.04 Å². The van der Waals surface area contributed by atoms with Crippen molar-refractivity contribution in [1.29, 1.82) is 0 Å². The van der Waals surface area contributed by atoms with Gasteiger partial charge in [-0.25, -0.2) is 0 Å². The minimum atomic E-state index is -0.655. The van der Waals surface area contributed by atoms with Gasteiger partial charge in [-0.3, -0.25) is 4.79 Å². The Kier molecular flexibility index (Phi) is 2.65. The van der Waals surface area contributed by atoms with Gasteiger partial charge in [0.05, 0.1) is 12.3 Å². The Morgan fingerprint density at radius 2 is 1.87 bits per heavy atom. The van der Waals surface area contributed by atoms with E-state index in [9.17, 15) is 4.79 Å². The average Bonchev–Trinajstić information content (AvgIpc) is 2.82. The molecule has 3 heteroatoms. The van der Waals surface area contributed by atoms with Crippen molar-refractivity contribution >= 4 is 5.78 Å². The molecule has 0 bridgehead atoms. The summed E-state index contributed by atoms with van der Waals surface area (Å²) in [6.07, 6.45) is 1.46. The number of rotatable bonds is 3. The lowest BCUT2D eigenvalue weighted by Gasteiger charge is -2.08. The summed E-state index contributed by atoms with van der Waals surface area (Å²) < 4.78 is 5.01. The maximum absolute atomic E-state index is 11.8. The normalized spacial score (nSPS) is 12.3. The van der Waals surface area contributed by atoms with Gasteiger partial charge < -0.3 is 10.2 Å². The number of Topliss-reactive ketones (excluding diaryl/α,β-unsaturated/α-hetero) is 1. The fourth-order valence-corrected chi connectivity index (χ4v) is 1.38. The van der Waals surface area contributed by atoms with Crippen LogP contribution in [0, 0.1) is 0 Å². The molecule has 2 N–H and O–H groups in total. The monoisotopic (exact) mass is 201 g/mol. The van der Waals surface area contributed by atoms with Gasteiger partial charge in [-0.2, -0.15) is 0 Å². The molecule has 2 rings (SSSR count). The van der Waals surface area contributed by atoms with E-state index in [1.54, 1.807) is 12.1 Å². The van der Waals surface area contributed by atoms with Gasteiger partial charge in [-0.15, -0.1) is 0 Å². The first-order chi connectivity index (χ1) is 7.29. The predicted molar refractivity (Wildman–Crippen MR) is 56.4 cm³/mol. The van der Waals surface area contributed by atoms with Gasteiger partial charge in [0.2, 0.25) is 5.78 Å². The second kappa shape index (κ2) is 4.11. The third kappa shape index (κ3) is 1.97. The number of carbonyl (C=O) groups excluding carboxylic acids is 1. The molecule has 0 aliphatic heterocycles. The highest BCUT2D eigenvalue weighted by Crippen LogP contribution is 2.15. The van der Waals surface area contributed by atoms with Gasteiger partial charge in [0, 0.05) is 0 Å². The molecule has 1 aromatic heterocycles. The lowest BCUT2D eigenvalue weighted by molar-refractivity contribution is 0.0934. The van der Waals surface area contributed by atoms with Crippen molar-refractivity contribution in [2.24, 2.45) is 5.73 Å². The Hall–Kier alpha value is -1.87. The zero-order valence-corrected chi connectivity index (χ0v) is 8.09. The summed E-state index contributed by atoms with van der Waals surface area (Å²) in [6.45, 7) is 0. The van der Waals surface area contributed by atoms with Crippen molar-refractivity contribution in [1.82, 2.24) is 0 Å². The summed E-state index contributed by atoms with van der Waals surface area (Å²) in [6, 6.07) is 11.9. The van der Waals surface area contributed by atoms with Crippen LogP contribution in [0.5, 0.6) is 0 Å². The minimum Gasteiger partial charge on any atom is -0.461 e. The van der Waals surface area contributed by atoms with Crippen molar-refractivity contribution in [3.8, 4) is 0 Å². The van der Waals surface area contributed by atoms with E-state index in [1.165, 1.54) is 6.26 Å². The molecule has 3 nitrogen and oxygen atoms in total. The maximum atomic E-state index is 11.8. The number of hydrogen-bond acceptors (Lipinski definition) is 3. The van der Waals surface area contributed by atoms with E-state index in [4.69, 9.17) is 10.2 Å². The molecule has 0 spiro atoms. The van der Waals surface area contributed by atoms with Gasteiger partial charge in [-0.1, -0.05) is 30.3 Å². The molecule has 15 heavy (non-hydrogen) atoms. The van der Waals surface area contributed by atoms with E-state index in [0.717, 1.165) is 5.56 Å². The van der Waals surface area contributed by atoms with Crippen LogP contribution in [0.1, 0.15) is 22.2 Å². The Balaban J connectivity index is 2.23. The molecule has 1 heterocycles. The third-order valence-electron chi connectivity index (χ3n) is 2.21. The summed E-state index contributed by atoms with van der Waals surface area (Å²) in [5.74, 6) is 0.0950. The smallest absolute Gasteiger partial charge is 0.219 e. The van der Waals surface area contributed by atoms with Gasteiger partial charge >= 0.3 is 0 Å². The average molecular weight is 201 g/mol. The summed E-state index contributed by atoms with van der Waals surface area (Å²) in [4.78, 5) is 11.8. The van der Waals surface area contributed by atoms with E-state index in [2.05, 4.69) is 0 Å². The fourth-order valence-electron chi connectivity index (χ4n) is 1.38. The molecule has 0 amide bonds. The molecule has 0 radical (unpaired) electrons. The second-order valence-electron chi connectivity index (χ2n) is 3.23. The van der Waals surface area contributed by atoms with Gasteiger partial charge in [0.1, 0.15) is 0 Å². The van der Waals surface area contributed by atoms with E-state index in [1.807, 2.05) is 30.3 Å². The molecule has 0 fully saturated rings. The highest BCUT2D eigenvalue weighted by Gasteiger charge is 2.19. The Morgan fingerprint density at radius 3 is 2.47 bits per heavy atom. The molecule has 1 aromatic carbocycles. The molecule has 0 aliphatic carbocycles. The SMILES string of the molecule is NC(C(=O)c1ccco1)c1ccccc1. The fraction of sp³-hybridized carbons (Fsp3) is 0.0833. The zero-order valence-electron chi connectivity index (χ0n) is 8.09. The topological polar surface area (TPSA) is 56.2 Å². The van der Waals surface area contributed by atoms with Crippen LogP contribution in [0.3, 0.4) is 0 Å². The van der Waals surface area contributed by atoms with Crippen molar-refractivity contribution in [2.75, 3.05) is 0 Å². The number of furan rings is 1. The van der Waals surface area contributed by atoms with Crippen LogP contribution >= 0.6 is 0 Å². The van der Waals surface area contributed by atoms with Crippen molar-refractivity contribution < 1.29 is 9.21 Å². The molecule has 76 valence electrons. The summed E-state index contributed by atoms with van der Waals surface area (Å²) >= 11 is 0. The number of benzene rings is 1. The molecule has 1 atom stereocenters. The predicted octanol–water partition coefficient (Wildman–Crippen LogP) is 2.16. The minimum absolute atomic E-state index is 0.203. The second-order valence-corrected chi connectivity index (χ2v) is 3.23. The molecule has 1 unspecified atom stereocenters. The lowest BCUT2D eigenvalue weighted by Crippen LogP contribution is -2.20. The largest absolute Gasteiger partial charge is 0.461 e. The molecular weight excluding hydrogens is 190 g/mol. The first kappa shape index (κ1) is 9.68. The third-order valence-corrected chi connectivity index (χ3v) is 2.21. The number of carbonyl (C=O) groups is 1. The Morgan fingerprint density at radius 1 is 1.13 bits per heavy atom. The molecule has 2 aromatic rings. The van der Waals surface area contributed by atoms with Crippen LogP contribution in [-0.4, -0.2) is 5.78 Å². The van der Waals surface area contributed by atoms with Crippen LogP contribution < -0.4 is 5.73 Å². The Bertz CT molecular complexity index is 434. The molecular formula is C12H11NO2. The maximum Gasteiger partial charge on any atom is 0.219 e. The van der Waals surface area contributed by atoms with Crippen molar-refractivity contribution in [3.63, 3.8) is 0 Å². The molecule has 0 saturated carbocycles. The van der Waals surface area contributed by atoms with E-state index in [0.29, 0.717) is 5.76 Å². The van der Waals surface area contributed by atoms with E-state index in [-0.39, 0.29) is 5.78 Å². The van der Waals surface area contributed by atoms with Crippen LogP contribution in [0.2, 0.25) is 0 Å². The highest BCUT2D eigenvalue weighted by molar-refractivity contribution is 5.98. The first-order valence-electron chi connectivity index (χ1n) is 4.67. The van der Waals surface area contributed by atoms with Crippen LogP contribution in [0.25, 0.3) is 0 Å². The Labute approximate surface area is 87.5 Å². The van der Waals surface area contributed by atoms with Gasteiger partial charge in [0.15, 0.2) is 5.76 Å². The standard InChI is InChI=1S/C12H11NO2/c13-11(9-5-2-1-3-6-9)12(14)10-7-4-8-15-10/h1-8,11H,13H2. The summed E-state index contributed by atoms with van der Waals surface area (Å²) in [7, 11) is 0. The molecule has 0 saturated heterocycles. The van der Waals surface area contributed by atoms with Crippen LogP contribution in [0.4, 0.5) is 0 Å². The summed E-state index contributed by atoms with van der Waals surface area (Å²) in [5.41, 5.74) is 6.61. The van der Waals surface area contributed by atoms with Crippen molar-refractivity contribution in [2.45, 2.75) is 6.04 Å². The lowest BCUT2D eigenvalue weighted by atomic mass is 10.0. The zero-order chi connectivity index (χ0) is 10.7. The van der Waals surface area contributed by atoms with Gasteiger partial charge in [-0.05, 0) is 17.7 Å². The van der Waals surface area contributed by atoms with E-state index >= 15 is 0 Å². The van der Waals surface area contributed by atoms with Gasteiger partial charge in [0.25, 0.3) is 0 Å².